The molecule has 2 atom stereocenters. The molecule has 4 rings (SSSR count). The number of aryl methyl sites for hydroxylation is 1. The second-order valence-corrected chi connectivity index (χ2v) is 9.43. The highest BCUT2D eigenvalue weighted by Crippen LogP contribution is 2.36. The van der Waals surface area contributed by atoms with Crippen molar-refractivity contribution < 1.29 is 4.79 Å². The number of aromatic nitrogens is 2. The molecular weight excluding hydrogens is 392 g/mol. The maximum absolute atomic E-state index is 12.5. The number of hydrogen-bond acceptors (Lipinski definition) is 5. The molecule has 1 N–H and O–H groups in total. The van der Waals surface area contributed by atoms with E-state index in [9.17, 15) is 4.79 Å². The Bertz CT molecular complexity index is 1020. The third-order valence-corrected chi connectivity index (χ3v) is 7.11. The summed E-state index contributed by atoms with van der Waals surface area (Å²) in [6, 6.07) is 12.9. The zero-order valence-corrected chi connectivity index (χ0v) is 18.8. The van der Waals surface area contributed by atoms with Crippen LogP contribution in [0.3, 0.4) is 0 Å². The largest absolute Gasteiger partial charge is 0.359 e. The van der Waals surface area contributed by atoms with E-state index < -0.39 is 0 Å². The maximum atomic E-state index is 12.5. The fraction of sp³-hybridized carbons (Fsp3) is 0.458. The molecule has 6 heteroatoms. The zero-order valence-electron chi connectivity index (χ0n) is 18.0. The minimum atomic E-state index is 0.137. The van der Waals surface area contributed by atoms with Crippen LogP contribution in [0.4, 0.5) is 5.82 Å². The standard InChI is InChI=1S/C24H30N4OS/c1-16-9-7-8-12-20(16)27-22(29)13-14-28(3)23-19-15-21(18-10-5-4-6-11-18)30-24(19)26-17(2)25-23/h4-6,10-11,15-16,20H,7-9,12-14H2,1-3H3,(H,27,29). The van der Waals surface area contributed by atoms with Crippen LogP contribution in [0.5, 0.6) is 0 Å². The Labute approximate surface area is 182 Å². The van der Waals surface area contributed by atoms with Crippen molar-refractivity contribution in [1.82, 2.24) is 15.3 Å². The SMILES string of the molecule is Cc1nc(N(C)CCC(=O)NC2CCCCC2C)c2cc(-c3ccccc3)sc2n1. The van der Waals surface area contributed by atoms with Crippen molar-refractivity contribution in [3.05, 3.63) is 42.2 Å². The van der Waals surface area contributed by atoms with Crippen LogP contribution in [-0.4, -0.2) is 35.5 Å². The average Bonchev–Trinajstić information content (AvgIpc) is 3.17. The number of amides is 1. The maximum Gasteiger partial charge on any atom is 0.222 e. The quantitative estimate of drug-likeness (QED) is 0.594. The summed E-state index contributed by atoms with van der Waals surface area (Å²) >= 11 is 1.69. The lowest BCUT2D eigenvalue weighted by Gasteiger charge is -2.29. The lowest BCUT2D eigenvalue weighted by molar-refractivity contribution is -0.122. The molecule has 2 unspecified atom stereocenters. The van der Waals surface area contributed by atoms with Gasteiger partial charge in [0.2, 0.25) is 5.91 Å². The molecule has 1 aliphatic carbocycles. The molecule has 1 amide bonds. The molecule has 1 saturated carbocycles. The number of hydrogen-bond donors (Lipinski definition) is 1. The Morgan fingerprint density at radius 1 is 1.20 bits per heavy atom. The van der Waals surface area contributed by atoms with Gasteiger partial charge in [-0.2, -0.15) is 0 Å². The smallest absolute Gasteiger partial charge is 0.222 e. The Balaban J connectivity index is 1.48. The summed E-state index contributed by atoms with van der Waals surface area (Å²) in [6.07, 6.45) is 5.29. The van der Waals surface area contributed by atoms with E-state index in [0.29, 0.717) is 24.9 Å². The van der Waals surface area contributed by atoms with Crippen LogP contribution in [-0.2, 0) is 4.79 Å². The number of fused-ring (bicyclic) bond motifs is 1. The number of nitrogens with zero attached hydrogens (tertiary/aromatic N) is 3. The molecule has 158 valence electrons. The van der Waals surface area contributed by atoms with E-state index in [1.54, 1.807) is 11.3 Å². The zero-order chi connectivity index (χ0) is 21.1. The highest BCUT2D eigenvalue weighted by molar-refractivity contribution is 7.21. The second-order valence-electron chi connectivity index (χ2n) is 8.40. The van der Waals surface area contributed by atoms with Crippen molar-refractivity contribution in [1.29, 1.82) is 0 Å². The van der Waals surface area contributed by atoms with Crippen molar-refractivity contribution in [2.45, 2.75) is 52.0 Å². The summed E-state index contributed by atoms with van der Waals surface area (Å²) in [4.78, 5) is 26.2. The first kappa shape index (κ1) is 20.8. The Hall–Kier alpha value is -2.47. The molecule has 0 radical (unpaired) electrons. The van der Waals surface area contributed by atoms with Crippen LogP contribution in [0.2, 0.25) is 0 Å². The molecule has 30 heavy (non-hydrogen) atoms. The summed E-state index contributed by atoms with van der Waals surface area (Å²) in [5.74, 6) is 2.37. The van der Waals surface area contributed by atoms with Crippen molar-refractivity contribution >= 4 is 33.3 Å². The van der Waals surface area contributed by atoms with Gasteiger partial charge in [-0.05, 0) is 37.3 Å². The number of carbonyl (C=O) groups is 1. The van der Waals surface area contributed by atoms with Crippen LogP contribution >= 0.6 is 11.3 Å². The first-order valence-electron chi connectivity index (χ1n) is 10.9. The summed E-state index contributed by atoms with van der Waals surface area (Å²) in [5.41, 5.74) is 1.19. The predicted octanol–water partition coefficient (Wildman–Crippen LogP) is 5.19. The van der Waals surface area contributed by atoms with Crippen molar-refractivity contribution in [2.24, 2.45) is 5.92 Å². The molecule has 5 nitrogen and oxygen atoms in total. The number of thiophene rings is 1. The lowest BCUT2D eigenvalue weighted by atomic mass is 9.86. The van der Waals surface area contributed by atoms with Crippen molar-refractivity contribution in [3.63, 3.8) is 0 Å². The first-order valence-corrected chi connectivity index (χ1v) is 11.7. The van der Waals surface area contributed by atoms with Crippen molar-refractivity contribution in [3.8, 4) is 10.4 Å². The molecule has 2 heterocycles. The molecular formula is C24H30N4OS. The highest BCUT2D eigenvalue weighted by Gasteiger charge is 2.23. The van der Waals surface area contributed by atoms with Gasteiger partial charge in [-0.15, -0.1) is 11.3 Å². The van der Waals surface area contributed by atoms with E-state index >= 15 is 0 Å². The normalized spacial score (nSPS) is 19.0. The van der Waals surface area contributed by atoms with E-state index in [2.05, 4.69) is 52.5 Å². The van der Waals surface area contributed by atoms with E-state index in [1.165, 1.54) is 29.7 Å². The van der Waals surface area contributed by atoms with Crippen LogP contribution in [0.15, 0.2) is 36.4 Å². The number of rotatable bonds is 6. The van der Waals surface area contributed by atoms with E-state index in [4.69, 9.17) is 4.98 Å². The van der Waals surface area contributed by atoms with Gasteiger partial charge in [0.05, 0.1) is 5.39 Å². The third kappa shape index (κ3) is 4.64. The lowest BCUT2D eigenvalue weighted by Crippen LogP contribution is -2.42. The molecule has 0 bridgehead atoms. The van der Waals surface area contributed by atoms with Gasteiger partial charge in [0.15, 0.2) is 0 Å². The Morgan fingerprint density at radius 3 is 2.73 bits per heavy atom. The Kier molecular flexibility index (Phi) is 6.32. The molecule has 2 aromatic heterocycles. The minimum absolute atomic E-state index is 0.137. The fourth-order valence-electron chi connectivity index (χ4n) is 4.23. The van der Waals surface area contributed by atoms with Gasteiger partial charge in [-0.3, -0.25) is 4.79 Å². The number of anilines is 1. The van der Waals surface area contributed by atoms with Gasteiger partial charge in [0.25, 0.3) is 0 Å². The van der Waals surface area contributed by atoms with E-state index in [-0.39, 0.29) is 5.91 Å². The molecule has 1 fully saturated rings. The summed E-state index contributed by atoms with van der Waals surface area (Å²) in [5, 5.41) is 4.30. The first-order chi connectivity index (χ1) is 14.5. The Morgan fingerprint density at radius 2 is 1.97 bits per heavy atom. The van der Waals surface area contributed by atoms with E-state index in [1.807, 2.05) is 20.0 Å². The topological polar surface area (TPSA) is 58.1 Å². The summed E-state index contributed by atoms with van der Waals surface area (Å²) in [7, 11) is 2.01. The predicted molar refractivity (Wildman–Crippen MR) is 125 cm³/mol. The average molecular weight is 423 g/mol. The highest BCUT2D eigenvalue weighted by atomic mass is 32.1. The number of nitrogens with one attached hydrogen (secondary N) is 1. The number of benzene rings is 1. The second kappa shape index (κ2) is 9.13. The minimum Gasteiger partial charge on any atom is -0.359 e. The van der Waals surface area contributed by atoms with Gasteiger partial charge in [0.1, 0.15) is 16.5 Å². The van der Waals surface area contributed by atoms with Gasteiger partial charge in [-0.25, -0.2) is 9.97 Å². The van der Waals surface area contributed by atoms with Crippen LogP contribution < -0.4 is 10.2 Å². The van der Waals surface area contributed by atoms with Crippen LogP contribution in [0, 0.1) is 12.8 Å². The summed E-state index contributed by atoms with van der Waals surface area (Å²) in [6.45, 7) is 4.81. The van der Waals surface area contributed by atoms with Crippen LogP contribution in [0.25, 0.3) is 20.7 Å². The van der Waals surface area contributed by atoms with Gasteiger partial charge >= 0.3 is 0 Å². The molecule has 1 aromatic carbocycles. The van der Waals surface area contributed by atoms with Crippen LogP contribution in [0.1, 0.15) is 44.9 Å². The van der Waals surface area contributed by atoms with Gasteiger partial charge < -0.3 is 10.2 Å². The van der Waals surface area contributed by atoms with E-state index in [0.717, 1.165) is 28.3 Å². The van der Waals surface area contributed by atoms with Gasteiger partial charge in [-0.1, -0.05) is 50.1 Å². The van der Waals surface area contributed by atoms with Crippen molar-refractivity contribution in [2.75, 3.05) is 18.5 Å². The fourth-order valence-corrected chi connectivity index (χ4v) is 5.31. The molecule has 0 saturated heterocycles. The molecule has 0 spiro atoms. The number of carbonyl (C=O) groups excluding carboxylic acids is 1. The van der Waals surface area contributed by atoms with Gasteiger partial charge in [0, 0.05) is 30.9 Å². The molecule has 1 aliphatic rings. The summed E-state index contributed by atoms with van der Waals surface area (Å²) < 4.78 is 0. The molecule has 3 aromatic rings. The third-order valence-electron chi connectivity index (χ3n) is 6.04. The monoisotopic (exact) mass is 422 g/mol. The molecule has 0 aliphatic heterocycles.